The molecule has 2 heterocycles. The normalized spacial score (nSPS) is 14.9. The third-order valence-corrected chi connectivity index (χ3v) is 5.75. The van der Waals surface area contributed by atoms with E-state index in [1.54, 1.807) is 6.20 Å². The second kappa shape index (κ2) is 10.4. The van der Waals surface area contributed by atoms with Crippen LogP contribution in [0.25, 0.3) is 11.1 Å². The van der Waals surface area contributed by atoms with Crippen LogP contribution < -0.4 is 10.1 Å². The maximum Gasteiger partial charge on any atom is 0.329 e. The smallest absolute Gasteiger partial charge is 0.329 e. The van der Waals surface area contributed by atoms with Crippen molar-refractivity contribution in [1.82, 2.24) is 24.7 Å². The molecule has 0 saturated carbocycles. The Labute approximate surface area is 189 Å². The number of imidazole rings is 1. The minimum Gasteiger partial charge on any atom is -0.463 e. The van der Waals surface area contributed by atoms with Crippen LogP contribution in [0.2, 0.25) is 0 Å². The predicted octanol–water partition coefficient (Wildman–Crippen LogP) is 3.24. The minimum absolute atomic E-state index is 0.243. The molecule has 4 rings (SSSR count). The molecule has 1 aromatic heterocycles. The molecule has 0 radical (unpaired) electrons. The van der Waals surface area contributed by atoms with Crippen LogP contribution in [0.5, 0.6) is 6.01 Å². The van der Waals surface area contributed by atoms with Gasteiger partial charge in [-0.15, -0.1) is 0 Å². The van der Waals surface area contributed by atoms with Gasteiger partial charge in [0.25, 0.3) is 0 Å². The summed E-state index contributed by atoms with van der Waals surface area (Å²) in [6.45, 7) is 7.85. The summed E-state index contributed by atoms with van der Waals surface area (Å²) in [5.74, 6) is 0. The zero-order valence-corrected chi connectivity index (χ0v) is 18.8. The number of ether oxygens (including phenoxy) is 1. The van der Waals surface area contributed by atoms with E-state index in [-0.39, 0.29) is 6.03 Å². The molecule has 0 bridgehead atoms. The van der Waals surface area contributed by atoms with Crippen molar-refractivity contribution in [3.63, 3.8) is 0 Å². The summed E-state index contributed by atoms with van der Waals surface area (Å²) in [6.07, 6.45) is 1.71. The zero-order chi connectivity index (χ0) is 22.3. The lowest BCUT2D eigenvalue weighted by Gasteiger charge is -2.32. The molecule has 7 nitrogen and oxygen atoms in total. The molecular formula is C25H31N5O2. The predicted molar refractivity (Wildman–Crippen MR) is 126 cm³/mol. The number of nitrogens with one attached hydrogen (secondary N) is 1. The van der Waals surface area contributed by atoms with Crippen LogP contribution in [-0.2, 0) is 6.54 Å². The van der Waals surface area contributed by atoms with Crippen molar-refractivity contribution in [3.05, 3.63) is 72.1 Å². The molecule has 168 valence electrons. The van der Waals surface area contributed by atoms with E-state index in [2.05, 4.69) is 51.4 Å². The Morgan fingerprint density at radius 1 is 1.00 bits per heavy atom. The number of amides is 1. The Hall–Kier alpha value is -3.16. The van der Waals surface area contributed by atoms with Crippen LogP contribution in [0.15, 0.2) is 60.8 Å². The van der Waals surface area contributed by atoms with Crippen LogP contribution >= 0.6 is 0 Å². The molecule has 1 amide bonds. The Kier molecular flexibility index (Phi) is 7.19. The van der Waals surface area contributed by atoms with Gasteiger partial charge in [0.2, 0.25) is 0 Å². The van der Waals surface area contributed by atoms with E-state index < -0.39 is 0 Å². The highest BCUT2D eigenvalue weighted by atomic mass is 16.5. The second-order valence-electron chi connectivity index (χ2n) is 8.25. The first-order valence-electron chi connectivity index (χ1n) is 11.1. The average Bonchev–Trinajstić information content (AvgIpc) is 3.20. The first-order valence-corrected chi connectivity index (χ1v) is 11.1. The molecule has 1 fully saturated rings. The lowest BCUT2D eigenvalue weighted by Crippen LogP contribution is -2.45. The summed E-state index contributed by atoms with van der Waals surface area (Å²) in [4.78, 5) is 21.8. The first-order chi connectivity index (χ1) is 15.6. The Morgan fingerprint density at radius 3 is 2.41 bits per heavy atom. The third kappa shape index (κ3) is 5.75. The van der Waals surface area contributed by atoms with Crippen LogP contribution in [-0.4, -0.2) is 71.8 Å². The molecule has 3 aromatic rings. The van der Waals surface area contributed by atoms with Crippen molar-refractivity contribution in [3.8, 4) is 17.1 Å². The summed E-state index contributed by atoms with van der Waals surface area (Å²) < 4.78 is 7.32. The van der Waals surface area contributed by atoms with E-state index in [9.17, 15) is 4.79 Å². The van der Waals surface area contributed by atoms with Crippen LogP contribution in [0.3, 0.4) is 0 Å². The molecule has 1 aliphatic heterocycles. The number of aromatic nitrogens is 2. The Balaban J connectivity index is 1.29. The van der Waals surface area contributed by atoms with Gasteiger partial charge in [-0.05, 0) is 30.7 Å². The summed E-state index contributed by atoms with van der Waals surface area (Å²) in [5, 5.41) is 2.96. The zero-order valence-electron chi connectivity index (χ0n) is 18.8. The number of likely N-dealkylation sites (N-methyl/N-ethyl adjacent to an activating group) is 1. The number of benzene rings is 2. The highest BCUT2D eigenvalue weighted by molar-refractivity contribution is 5.78. The van der Waals surface area contributed by atoms with Gasteiger partial charge in [-0.25, -0.2) is 14.3 Å². The van der Waals surface area contributed by atoms with Crippen LogP contribution in [0.1, 0.15) is 11.3 Å². The first kappa shape index (κ1) is 22.0. The summed E-state index contributed by atoms with van der Waals surface area (Å²) in [7, 11) is 2.14. The molecular weight excluding hydrogens is 402 g/mol. The summed E-state index contributed by atoms with van der Waals surface area (Å²) in [5.41, 5.74) is 4.12. The number of nitrogens with zero attached hydrogens (tertiary/aromatic N) is 4. The highest BCUT2D eigenvalue weighted by Gasteiger charge is 2.16. The molecule has 0 aliphatic carbocycles. The van der Waals surface area contributed by atoms with Gasteiger partial charge < -0.3 is 15.0 Å². The van der Waals surface area contributed by atoms with Gasteiger partial charge in [-0.2, -0.15) is 0 Å². The summed E-state index contributed by atoms with van der Waals surface area (Å²) in [6, 6.07) is 18.6. The van der Waals surface area contributed by atoms with Gasteiger partial charge in [0.15, 0.2) is 0 Å². The van der Waals surface area contributed by atoms with Crippen molar-refractivity contribution in [2.75, 3.05) is 46.4 Å². The average molecular weight is 434 g/mol. The number of piperazine rings is 1. The van der Waals surface area contributed by atoms with E-state index in [1.165, 1.54) is 10.1 Å². The molecule has 0 unspecified atom stereocenters. The SMILES string of the molecule is Cc1cn(C(=O)NCc2ccc(-c3ccccc3)cc2)c(OCCN2CCN(C)CC2)n1. The fraction of sp³-hybridized carbons (Fsp3) is 0.360. The maximum atomic E-state index is 12.8. The van der Waals surface area contributed by atoms with Gasteiger partial charge >= 0.3 is 12.0 Å². The van der Waals surface area contributed by atoms with Crippen molar-refractivity contribution in [2.24, 2.45) is 0 Å². The van der Waals surface area contributed by atoms with E-state index in [4.69, 9.17) is 4.74 Å². The number of rotatable bonds is 7. The third-order valence-electron chi connectivity index (χ3n) is 5.75. The number of carbonyl (C=O) groups excluding carboxylic acids is 1. The van der Waals surface area contributed by atoms with E-state index in [1.807, 2.05) is 37.3 Å². The molecule has 2 aromatic carbocycles. The second-order valence-corrected chi connectivity index (χ2v) is 8.25. The largest absolute Gasteiger partial charge is 0.463 e. The van der Waals surface area contributed by atoms with Crippen molar-refractivity contribution in [2.45, 2.75) is 13.5 Å². The molecule has 0 spiro atoms. The topological polar surface area (TPSA) is 62.6 Å². The van der Waals surface area contributed by atoms with Crippen molar-refractivity contribution in [1.29, 1.82) is 0 Å². The minimum atomic E-state index is -0.243. The number of aryl methyl sites for hydroxylation is 1. The fourth-order valence-corrected chi connectivity index (χ4v) is 3.77. The Bertz CT molecular complexity index is 1010. The van der Waals surface area contributed by atoms with E-state index in [0.29, 0.717) is 19.2 Å². The molecule has 1 saturated heterocycles. The Morgan fingerprint density at radius 2 is 1.69 bits per heavy atom. The van der Waals surface area contributed by atoms with Crippen molar-refractivity contribution < 1.29 is 9.53 Å². The summed E-state index contributed by atoms with van der Waals surface area (Å²) >= 11 is 0. The molecule has 7 heteroatoms. The number of carbonyl (C=O) groups is 1. The van der Waals surface area contributed by atoms with Gasteiger partial charge in [-0.1, -0.05) is 54.6 Å². The van der Waals surface area contributed by atoms with Crippen LogP contribution in [0, 0.1) is 6.92 Å². The fourth-order valence-electron chi connectivity index (χ4n) is 3.77. The van der Waals surface area contributed by atoms with E-state index in [0.717, 1.165) is 49.5 Å². The molecule has 0 atom stereocenters. The van der Waals surface area contributed by atoms with E-state index >= 15 is 0 Å². The molecule has 1 aliphatic rings. The monoisotopic (exact) mass is 433 g/mol. The molecule has 1 N–H and O–H groups in total. The number of hydrogen-bond donors (Lipinski definition) is 1. The van der Waals surface area contributed by atoms with Gasteiger partial charge in [-0.3, -0.25) is 4.90 Å². The maximum absolute atomic E-state index is 12.8. The number of hydrogen-bond acceptors (Lipinski definition) is 5. The van der Waals surface area contributed by atoms with Gasteiger partial charge in [0.05, 0.1) is 5.69 Å². The van der Waals surface area contributed by atoms with Crippen LogP contribution in [0.4, 0.5) is 4.79 Å². The molecule has 32 heavy (non-hydrogen) atoms. The van der Waals surface area contributed by atoms with Crippen molar-refractivity contribution >= 4 is 6.03 Å². The standard InChI is InChI=1S/C25H31N5O2/c1-20-19-30(25(27-20)32-17-16-29-14-12-28(2)13-15-29)24(31)26-18-21-8-10-23(11-9-21)22-6-4-3-5-7-22/h3-11,19H,12-18H2,1-2H3,(H,26,31). The van der Waals surface area contributed by atoms with Gasteiger partial charge in [0.1, 0.15) is 6.61 Å². The lowest BCUT2D eigenvalue weighted by molar-refractivity contribution is 0.130. The lowest BCUT2D eigenvalue weighted by atomic mass is 10.0. The van der Waals surface area contributed by atoms with Gasteiger partial charge in [0, 0.05) is 45.5 Å². The quantitative estimate of drug-likeness (QED) is 0.620. The highest BCUT2D eigenvalue weighted by Crippen LogP contribution is 2.19.